The number of hydrogen-bond donors (Lipinski definition) is 2. The van der Waals surface area contributed by atoms with Crippen LogP contribution in [0.2, 0.25) is 0 Å². The minimum atomic E-state index is -0.437. The molecule has 2 heterocycles. The second kappa shape index (κ2) is 8.26. The number of aryl methyl sites for hydroxylation is 2. The summed E-state index contributed by atoms with van der Waals surface area (Å²) in [6.45, 7) is 8.61. The summed E-state index contributed by atoms with van der Waals surface area (Å²) in [7, 11) is 1.74. The Kier molecular flexibility index (Phi) is 6.36. The Bertz CT molecular complexity index is 548. The van der Waals surface area contributed by atoms with Gasteiger partial charge in [-0.2, -0.15) is 0 Å². The zero-order valence-electron chi connectivity index (χ0n) is 14.4. The van der Waals surface area contributed by atoms with Crippen LogP contribution in [0.3, 0.4) is 0 Å². The molecule has 1 saturated heterocycles. The number of nitrogens with two attached hydrogens (primary N) is 1. The first-order valence-corrected chi connectivity index (χ1v) is 8.24. The highest BCUT2D eigenvalue weighted by Crippen LogP contribution is 2.20. The maximum absolute atomic E-state index is 11.6. The number of hydrogen-bond acceptors (Lipinski definition) is 5. The first-order valence-electron chi connectivity index (χ1n) is 8.24. The number of ether oxygens (including phenoxy) is 1. The van der Waals surface area contributed by atoms with Gasteiger partial charge in [0, 0.05) is 32.4 Å². The summed E-state index contributed by atoms with van der Waals surface area (Å²) in [4.78, 5) is 18.6. The number of amides is 1. The SMILES string of the molecule is COCCN1CCCC(CNc2nc(C)c(C)cc2C(N)=O)C1. The minimum absolute atomic E-state index is 0.437. The molecule has 1 aliphatic rings. The van der Waals surface area contributed by atoms with Crippen LogP contribution in [0.5, 0.6) is 0 Å². The fourth-order valence-corrected chi connectivity index (χ4v) is 3.01. The van der Waals surface area contributed by atoms with E-state index in [1.165, 1.54) is 12.8 Å². The molecule has 1 atom stereocenters. The first kappa shape index (κ1) is 17.7. The van der Waals surface area contributed by atoms with Gasteiger partial charge in [-0.05, 0) is 50.8 Å². The molecule has 1 aromatic rings. The monoisotopic (exact) mass is 320 g/mol. The van der Waals surface area contributed by atoms with E-state index in [2.05, 4.69) is 15.2 Å². The van der Waals surface area contributed by atoms with Crippen LogP contribution in [0, 0.1) is 19.8 Å². The molecule has 0 aromatic carbocycles. The zero-order valence-corrected chi connectivity index (χ0v) is 14.4. The van der Waals surface area contributed by atoms with E-state index in [0.29, 0.717) is 17.3 Å². The topological polar surface area (TPSA) is 80.5 Å². The van der Waals surface area contributed by atoms with Gasteiger partial charge in [0.25, 0.3) is 5.91 Å². The number of likely N-dealkylation sites (tertiary alicyclic amines) is 1. The molecular weight excluding hydrogens is 292 g/mol. The minimum Gasteiger partial charge on any atom is -0.383 e. The van der Waals surface area contributed by atoms with Crippen LogP contribution in [-0.4, -0.2) is 55.7 Å². The summed E-state index contributed by atoms with van der Waals surface area (Å²) in [5.41, 5.74) is 7.85. The third kappa shape index (κ3) is 4.91. The van der Waals surface area contributed by atoms with Crippen LogP contribution in [0.15, 0.2) is 6.07 Å². The first-order chi connectivity index (χ1) is 11.0. The predicted molar refractivity (Wildman–Crippen MR) is 91.8 cm³/mol. The van der Waals surface area contributed by atoms with E-state index < -0.39 is 5.91 Å². The van der Waals surface area contributed by atoms with E-state index in [1.54, 1.807) is 7.11 Å². The molecule has 128 valence electrons. The highest BCUT2D eigenvalue weighted by molar-refractivity contribution is 5.97. The molecule has 23 heavy (non-hydrogen) atoms. The molecular formula is C17H28N4O2. The van der Waals surface area contributed by atoms with Crippen molar-refractivity contribution in [3.63, 3.8) is 0 Å². The van der Waals surface area contributed by atoms with Crippen molar-refractivity contribution < 1.29 is 9.53 Å². The lowest BCUT2D eigenvalue weighted by atomic mass is 9.98. The van der Waals surface area contributed by atoms with Crippen molar-refractivity contribution in [2.75, 3.05) is 45.2 Å². The third-order valence-corrected chi connectivity index (χ3v) is 4.50. The van der Waals surface area contributed by atoms with Crippen LogP contribution < -0.4 is 11.1 Å². The number of methoxy groups -OCH3 is 1. The largest absolute Gasteiger partial charge is 0.383 e. The molecule has 0 spiro atoms. The van der Waals surface area contributed by atoms with Gasteiger partial charge in [0.05, 0.1) is 12.2 Å². The standard InChI is InChI=1S/C17H28N4O2/c1-12-9-15(16(18)22)17(20-13(12)2)19-10-14-5-4-6-21(11-14)7-8-23-3/h9,14H,4-8,10-11H2,1-3H3,(H2,18,22)(H,19,20). The van der Waals surface area contributed by atoms with E-state index in [1.807, 2.05) is 19.9 Å². The Morgan fingerprint density at radius 1 is 1.52 bits per heavy atom. The molecule has 1 amide bonds. The van der Waals surface area contributed by atoms with E-state index in [-0.39, 0.29) is 0 Å². The molecule has 0 aliphatic carbocycles. The number of piperidine rings is 1. The van der Waals surface area contributed by atoms with Crippen LogP contribution in [0.25, 0.3) is 0 Å². The van der Waals surface area contributed by atoms with E-state index in [4.69, 9.17) is 10.5 Å². The van der Waals surface area contributed by atoms with Crippen LogP contribution >= 0.6 is 0 Å². The number of carbonyl (C=O) groups is 1. The molecule has 3 N–H and O–H groups in total. The Morgan fingerprint density at radius 2 is 2.30 bits per heavy atom. The van der Waals surface area contributed by atoms with E-state index >= 15 is 0 Å². The summed E-state index contributed by atoms with van der Waals surface area (Å²) < 4.78 is 5.16. The number of aromatic nitrogens is 1. The highest BCUT2D eigenvalue weighted by atomic mass is 16.5. The lowest BCUT2D eigenvalue weighted by Gasteiger charge is -2.32. The maximum atomic E-state index is 11.6. The molecule has 0 radical (unpaired) electrons. The van der Waals surface area contributed by atoms with Crippen molar-refractivity contribution in [3.8, 4) is 0 Å². The Labute approximate surface area is 138 Å². The zero-order chi connectivity index (χ0) is 16.8. The van der Waals surface area contributed by atoms with E-state index in [0.717, 1.165) is 44.0 Å². The Hall–Kier alpha value is -1.66. The van der Waals surface area contributed by atoms with Gasteiger partial charge in [-0.1, -0.05) is 0 Å². The number of carbonyl (C=O) groups excluding carboxylic acids is 1. The molecule has 1 unspecified atom stereocenters. The lowest BCUT2D eigenvalue weighted by Crippen LogP contribution is -2.39. The van der Waals surface area contributed by atoms with Crippen molar-refractivity contribution >= 4 is 11.7 Å². The summed E-state index contributed by atoms with van der Waals surface area (Å²) in [5.74, 6) is 0.716. The number of rotatable bonds is 7. The second-order valence-corrected chi connectivity index (χ2v) is 6.33. The summed E-state index contributed by atoms with van der Waals surface area (Å²) in [6, 6.07) is 1.82. The second-order valence-electron chi connectivity index (χ2n) is 6.33. The molecule has 0 bridgehead atoms. The number of nitrogens with one attached hydrogen (secondary N) is 1. The van der Waals surface area contributed by atoms with Crippen molar-refractivity contribution in [1.82, 2.24) is 9.88 Å². The molecule has 6 nitrogen and oxygen atoms in total. The van der Waals surface area contributed by atoms with Crippen molar-refractivity contribution in [2.45, 2.75) is 26.7 Å². The number of pyridine rings is 1. The van der Waals surface area contributed by atoms with Crippen LogP contribution in [0.1, 0.15) is 34.5 Å². The summed E-state index contributed by atoms with van der Waals surface area (Å²) in [6.07, 6.45) is 2.38. The van der Waals surface area contributed by atoms with Crippen LogP contribution in [-0.2, 0) is 4.74 Å². The molecule has 2 rings (SSSR count). The fourth-order valence-electron chi connectivity index (χ4n) is 3.01. The number of anilines is 1. The van der Waals surface area contributed by atoms with Gasteiger partial charge >= 0.3 is 0 Å². The maximum Gasteiger partial charge on any atom is 0.252 e. The average molecular weight is 320 g/mol. The molecule has 6 heteroatoms. The smallest absolute Gasteiger partial charge is 0.252 e. The Morgan fingerprint density at radius 3 is 3.00 bits per heavy atom. The predicted octanol–water partition coefficient (Wildman–Crippen LogP) is 1.57. The van der Waals surface area contributed by atoms with Gasteiger partial charge in [-0.3, -0.25) is 4.79 Å². The van der Waals surface area contributed by atoms with Gasteiger partial charge in [0.1, 0.15) is 5.82 Å². The third-order valence-electron chi connectivity index (χ3n) is 4.50. The van der Waals surface area contributed by atoms with Crippen molar-refractivity contribution in [1.29, 1.82) is 0 Å². The Balaban J connectivity index is 1.97. The molecule has 1 aliphatic heterocycles. The molecule has 0 saturated carbocycles. The van der Waals surface area contributed by atoms with Crippen LogP contribution in [0.4, 0.5) is 5.82 Å². The summed E-state index contributed by atoms with van der Waals surface area (Å²) in [5, 5.41) is 3.34. The average Bonchev–Trinajstić information content (AvgIpc) is 2.53. The lowest BCUT2D eigenvalue weighted by molar-refractivity contribution is 0.100. The van der Waals surface area contributed by atoms with Gasteiger partial charge < -0.3 is 20.7 Å². The molecule has 1 fully saturated rings. The molecule has 1 aromatic heterocycles. The number of primary amides is 1. The fraction of sp³-hybridized carbons (Fsp3) is 0.647. The van der Waals surface area contributed by atoms with Crippen molar-refractivity contribution in [2.24, 2.45) is 11.7 Å². The quantitative estimate of drug-likeness (QED) is 0.797. The van der Waals surface area contributed by atoms with Gasteiger partial charge in [0.15, 0.2) is 0 Å². The van der Waals surface area contributed by atoms with E-state index in [9.17, 15) is 4.79 Å². The van der Waals surface area contributed by atoms with Crippen molar-refractivity contribution in [3.05, 3.63) is 22.9 Å². The van der Waals surface area contributed by atoms with Gasteiger partial charge in [-0.25, -0.2) is 4.98 Å². The van der Waals surface area contributed by atoms with Gasteiger partial charge in [-0.15, -0.1) is 0 Å². The normalized spacial score (nSPS) is 18.8. The summed E-state index contributed by atoms with van der Waals surface area (Å²) >= 11 is 0. The number of nitrogens with zero attached hydrogens (tertiary/aromatic N) is 2. The highest BCUT2D eigenvalue weighted by Gasteiger charge is 2.20. The van der Waals surface area contributed by atoms with Gasteiger partial charge in [0.2, 0.25) is 0 Å².